The van der Waals surface area contributed by atoms with Crippen molar-refractivity contribution in [2.24, 2.45) is 0 Å². The summed E-state index contributed by atoms with van der Waals surface area (Å²) in [5.74, 6) is -0.275. The summed E-state index contributed by atoms with van der Waals surface area (Å²) in [7, 11) is 1.78. The molecule has 0 spiro atoms. The molecular formula is C19H23N3O2S. The number of carbonyl (C=O) groups excluding carboxylic acids is 2. The van der Waals surface area contributed by atoms with Crippen molar-refractivity contribution in [3.8, 4) is 0 Å². The van der Waals surface area contributed by atoms with Gasteiger partial charge in [-0.1, -0.05) is 12.6 Å². The van der Waals surface area contributed by atoms with Crippen molar-refractivity contribution in [1.29, 1.82) is 0 Å². The smallest absolute Gasteiger partial charge is 0.254 e. The van der Waals surface area contributed by atoms with E-state index in [1.165, 1.54) is 17.6 Å². The van der Waals surface area contributed by atoms with Gasteiger partial charge in [0.05, 0.1) is 6.54 Å². The van der Waals surface area contributed by atoms with E-state index in [2.05, 4.69) is 11.0 Å². The van der Waals surface area contributed by atoms with Gasteiger partial charge in [0.2, 0.25) is 0 Å². The average molecular weight is 357 g/mol. The number of aromatic nitrogens is 1. The number of rotatable bonds is 6. The first-order valence-corrected chi connectivity index (χ1v) is 8.88. The highest BCUT2D eigenvalue weighted by atomic mass is 32.1. The lowest BCUT2D eigenvalue weighted by Crippen LogP contribution is -2.34. The Morgan fingerprint density at radius 1 is 1.36 bits per heavy atom. The fraction of sp³-hybridized carbons (Fsp3) is 0.316. The van der Waals surface area contributed by atoms with Crippen LogP contribution < -0.4 is 4.90 Å². The van der Waals surface area contributed by atoms with Gasteiger partial charge in [-0.2, -0.15) is 0 Å². The minimum Gasteiger partial charge on any atom is -0.339 e. The van der Waals surface area contributed by atoms with Crippen molar-refractivity contribution >= 4 is 29.0 Å². The predicted molar refractivity (Wildman–Crippen MR) is 102 cm³/mol. The molecular weight excluding hydrogens is 334 g/mol. The summed E-state index contributed by atoms with van der Waals surface area (Å²) in [5, 5.41) is 1.90. The van der Waals surface area contributed by atoms with Gasteiger partial charge in [-0.05, 0) is 56.1 Å². The minimum atomic E-state index is -0.217. The van der Waals surface area contributed by atoms with E-state index >= 15 is 0 Å². The van der Waals surface area contributed by atoms with Gasteiger partial charge >= 0.3 is 0 Å². The van der Waals surface area contributed by atoms with Crippen LogP contribution in [0.3, 0.4) is 0 Å². The predicted octanol–water partition coefficient (Wildman–Crippen LogP) is 3.65. The Kier molecular flexibility index (Phi) is 6.09. The Hall–Kier alpha value is -2.47. The van der Waals surface area contributed by atoms with E-state index in [-0.39, 0.29) is 17.9 Å². The molecule has 0 fully saturated rings. The largest absolute Gasteiger partial charge is 0.339 e. The summed E-state index contributed by atoms with van der Waals surface area (Å²) in [5.41, 5.74) is 3.08. The van der Waals surface area contributed by atoms with Crippen molar-refractivity contribution in [3.05, 3.63) is 59.1 Å². The van der Waals surface area contributed by atoms with Gasteiger partial charge in [-0.3, -0.25) is 9.59 Å². The topological polar surface area (TPSA) is 53.5 Å². The van der Waals surface area contributed by atoms with Gasteiger partial charge in [0.15, 0.2) is 0 Å². The first kappa shape index (κ1) is 18.9. The Labute approximate surface area is 152 Å². The molecule has 25 heavy (non-hydrogen) atoms. The van der Waals surface area contributed by atoms with E-state index in [0.29, 0.717) is 17.8 Å². The number of benzene rings is 1. The van der Waals surface area contributed by atoms with Crippen LogP contribution in [0.2, 0.25) is 0 Å². The molecule has 0 radical (unpaired) electrons. The second kappa shape index (κ2) is 8.07. The van der Waals surface area contributed by atoms with E-state index in [0.717, 1.165) is 11.1 Å². The molecule has 2 aromatic rings. The van der Waals surface area contributed by atoms with Crippen LogP contribution in [0.25, 0.3) is 0 Å². The highest BCUT2D eigenvalue weighted by Crippen LogP contribution is 2.23. The third kappa shape index (κ3) is 4.33. The van der Waals surface area contributed by atoms with E-state index in [1.807, 2.05) is 38.3 Å². The van der Waals surface area contributed by atoms with Crippen LogP contribution >= 0.6 is 11.5 Å². The first-order valence-electron chi connectivity index (χ1n) is 8.05. The SMILES string of the molecule is C=CC(=O)N(Cc1cnsc1)c1ccc(C)c(C(=O)N(C)C(C)C)c1. The molecule has 2 amide bonds. The van der Waals surface area contributed by atoms with Crippen molar-refractivity contribution in [1.82, 2.24) is 9.27 Å². The molecule has 0 bridgehead atoms. The summed E-state index contributed by atoms with van der Waals surface area (Å²) in [6.45, 7) is 9.80. The van der Waals surface area contributed by atoms with Gasteiger partial charge in [0.25, 0.3) is 11.8 Å². The van der Waals surface area contributed by atoms with Gasteiger partial charge in [-0.25, -0.2) is 4.37 Å². The Bertz CT molecular complexity index is 769. The van der Waals surface area contributed by atoms with E-state index in [9.17, 15) is 9.59 Å². The van der Waals surface area contributed by atoms with Crippen LogP contribution in [0, 0.1) is 6.92 Å². The molecule has 0 N–H and O–H groups in total. The summed E-state index contributed by atoms with van der Waals surface area (Å²) >= 11 is 1.34. The molecule has 0 saturated heterocycles. The molecule has 0 saturated carbocycles. The molecule has 6 heteroatoms. The molecule has 2 rings (SSSR count). The molecule has 1 aromatic heterocycles. The lowest BCUT2D eigenvalue weighted by molar-refractivity contribution is -0.114. The molecule has 132 valence electrons. The number of amides is 2. The number of anilines is 1. The number of aryl methyl sites for hydroxylation is 1. The van der Waals surface area contributed by atoms with Crippen LogP contribution in [0.4, 0.5) is 5.69 Å². The zero-order valence-electron chi connectivity index (χ0n) is 15.0. The lowest BCUT2D eigenvalue weighted by atomic mass is 10.0. The summed E-state index contributed by atoms with van der Waals surface area (Å²) in [4.78, 5) is 28.4. The summed E-state index contributed by atoms with van der Waals surface area (Å²) in [6.07, 6.45) is 3.02. The Morgan fingerprint density at radius 3 is 2.64 bits per heavy atom. The monoisotopic (exact) mass is 357 g/mol. The van der Waals surface area contributed by atoms with Crippen LogP contribution in [0.15, 0.2) is 42.4 Å². The van der Waals surface area contributed by atoms with Gasteiger partial charge in [0, 0.05) is 41.5 Å². The molecule has 0 aliphatic carbocycles. The average Bonchev–Trinajstić information content (AvgIpc) is 3.11. The molecule has 0 atom stereocenters. The minimum absolute atomic E-state index is 0.0578. The van der Waals surface area contributed by atoms with Crippen molar-refractivity contribution < 1.29 is 9.59 Å². The quantitative estimate of drug-likeness (QED) is 0.742. The molecule has 0 aliphatic rings. The van der Waals surface area contributed by atoms with E-state index < -0.39 is 0 Å². The third-order valence-electron chi connectivity index (χ3n) is 4.12. The number of carbonyl (C=O) groups is 2. The molecule has 5 nitrogen and oxygen atoms in total. The van der Waals surface area contributed by atoms with E-state index in [1.54, 1.807) is 29.1 Å². The number of hydrogen-bond donors (Lipinski definition) is 0. The fourth-order valence-electron chi connectivity index (χ4n) is 2.33. The maximum Gasteiger partial charge on any atom is 0.254 e. The van der Waals surface area contributed by atoms with Crippen LogP contribution in [0.5, 0.6) is 0 Å². The van der Waals surface area contributed by atoms with E-state index in [4.69, 9.17) is 0 Å². The fourth-order valence-corrected chi connectivity index (χ4v) is 2.85. The standard InChI is InChI=1S/C19H23N3O2S/c1-6-18(23)22(11-15-10-20-25-12-15)16-8-7-14(4)17(9-16)19(24)21(5)13(2)3/h6-10,12-13H,1,11H2,2-5H3. The maximum absolute atomic E-state index is 12.7. The third-order valence-corrected chi connectivity index (χ3v) is 4.76. The highest BCUT2D eigenvalue weighted by Gasteiger charge is 2.20. The van der Waals surface area contributed by atoms with Crippen LogP contribution in [0.1, 0.15) is 35.3 Å². The molecule has 1 aromatic carbocycles. The second-order valence-corrected chi connectivity index (χ2v) is 6.83. The lowest BCUT2D eigenvalue weighted by Gasteiger charge is -2.25. The van der Waals surface area contributed by atoms with Crippen molar-refractivity contribution in [2.75, 3.05) is 11.9 Å². The van der Waals surface area contributed by atoms with Crippen LogP contribution in [-0.2, 0) is 11.3 Å². The first-order chi connectivity index (χ1) is 11.8. The maximum atomic E-state index is 12.7. The van der Waals surface area contributed by atoms with Gasteiger partial charge < -0.3 is 9.80 Å². The van der Waals surface area contributed by atoms with Gasteiger partial charge in [0.1, 0.15) is 0 Å². The second-order valence-electron chi connectivity index (χ2n) is 6.17. The normalized spacial score (nSPS) is 10.6. The highest BCUT2D eigenvalue weighted by molar-refractivity contribution is 7.03. The summed E-state index contributed by atoms with van der Waals surface area (Å²) in [6, 6.07) is 5.59. The zero-order valence-corrected chi connectivity index (χ0v) is 15.8. The Balaban J connectivity index is 2.41. The Morgan fingerprint density at radius 2 is 2.08 bits per heavy atom. The van der Waals surface area contributed by atoms with Crippen molar-refractivity contribution in [3.63, 3.8) is 0 Å². The van der Waals surface area contributed by atoms with Crippen molar-refractivity contribution in [2.45, 2.75) is 33.4 Å². The molecule has 1 heterocycles. The summed E-state index contributed by atoms with van der Waals surface area (Å²) < 4.78 is 4.07. The molecule has 0 aliphatic heterocycles. The van der Waals surface area contributed by atoms with Crippen LogP contribution in [-0.4, -0.2) is 34.2 Å². The number of nitrogens with zero attached hydrogens (tertiary/aromatic N) is 3. The van der Waals surface area contributed by atoms with Gasteiger partial charge in [-0.15, -0.1) is 0 Å². The molecule has 0 unspecified atom stereocenters. The zero-order chi connectivity index (χ0) is 18.6. The number of hydrogen-bond acceptors (Lipinski definition) is 4.